The smallest absolute Gasteiger partial charge is 0.320 e. The van der Waals surface area contributed by atoms with Gasteiger partial charge in [0.05, 0.1) is 13.1 Å². The van der Waals surface area contributed by atoms with Crippen LogP contribution in [0.2, 0.25) is 0 Å². The first-order valence-corrected chi connectivity index (χ1v) is 9.19. The minimum atomic E-state index is -0.784. The highest BCUT2D eigenvalue weighted by atomic mass is 32.1. The van der Waals surface area contributed by atoms with E-state index in [2.05, 4.69) is 0 Å². The minimum absolute atomic E-state index is 0.0101. The third-order valence-electron chi connectivity index (χ3n) is 5.22. The number of carbonyl (C=O) groups excluding carboxylic acids is 1. The summed E-state index contributed by atoms with van der Waals surface area (Å²) in [6.45, 7) is 0.816. The second-order valence-electron chi connectivity index (χ2n) is 6.70. The number of carbonyl (C=O) groups is 2. The van der Waals surface area contributed by atoms with Crippen molar-refractivity contribution in [2.24, 2.45) is 5.92 Å². The van der Waals surface area contributed by atoms with Gasteiger partial charge in [-0.3, -0.25) is 14.5 Å². The van der Waals surface area contributed by atoms with Crippen molar-refractivity contribution in [3.63, 3.8) is 0 Å². The first kappa shape index (κ1) is 16.5. The van der Waals surface area contributed by atoms with Crippen LogP contribution in [0.25, 0.3) is 0 Å². The predicted molar refractivity (Wildman–Crippen MR) is 89.3 cm³/mol. The fraction of sp³-hybridized carbons (Fsp3) is 0.647. The zero-order chi connectivity index (χ0) is 16.4. The summed E-state index contributed by atoms with van der Waals surface area (Å²) in [6, 6.07) is 3.76. The molecule has 1 saturated heterocycles. The topological polar surface area (TPSA) is 60.9 Å². The first-order valence-electron chi connectivity index (χ1n) is 8.31. The van der Waals surface area contributed by atoms with Crippen LogP contribution in [0.15, 0.2) is 17.5 Å². The van der Waals surface area contributed by atoms with Crippen molar-refractivity contribution in [2.75, 3.05) is 13.6 Å². The Balaban J connectivity index is 1.66. The molecule has 0 unspecified atom stereocenters. The van der Waals surface area contributed by atoms with Crippen LogP contribution < -0.4 is 0 Å². The molecule has 3 atom stereocenters. The van der Waals surface area contributed by atoms with Crippen LogP contribution in [0.4, 0.5) is 0 Å². The van der Waals surface area contributed by atoms with Crippen molar-refractivity contribution in [1.29, 1.82) is 0 Å². The standard InChI is InChI=1S/C17H24N2O3S/c1-18(10-13-6-4-8-23-13)16(20)11-19-14-7-3-2-5-12(14)9-15(19)17(21)22/h4,6,8,12,14-15H,2-3,5,7,9-11H2,1H3,(H,21,22)/t12-,14-,15-/m0/s1. The number of hydrogen-bond acceptors (Lipinski definition) is 4. The Morgan fingerprint density at radius 2 is 2.17 bits per heavy atom. The van der Waals surface area contributed by atoms with Gasteiger partial charge >= 0.3 is 5.97 Å². The lowest BCUT2D eigenvalue weighted by molar-refractivity contribution is -0.144. The Morgan fingerprint density at radius 3 is 2.87 bits per heavy atom. The zero-order valence-electron chi connectivity index (χ0n) is 13.5. The van der Waals surface area contributed by atoms with Gasteiger partial charge in [-0.2, -0.15) is 0 Å². The van der Waals surface area contributed by atoms with Crippen molar-refractivity contribution in [1.82, 2.24) is 9.80 Å². The Bertz CT molecular complexity index is 560. The van der Waals surface area contributed by atoms with Crippen molar-refractivity contribution in [3.8, 4) is 0 Å². The highest BCUT2D eigenvalue weighted by Crippen LogP contribution is 2.39. The molecule has 126 valence electrons. The van der Waals surface area contributed by atoms with Crippen molar-refractivity contribution in [2.45, 2.75) is 50.7 Å². The molecule has 1 saturated carbocycles. The lowest BCUT2D eigenvalue weighted by Gasteiger charge is -2.33. The number of aliphatic carboxylic acids is 1. The monoisotopic (exact) mass is 336 g/mol. The van der Waals surface area contributed by atoms with E-state index in [-0.39, 0.29) is 18.5 Å². The van der Waals surface area contributed by atoms with Gasteiger partial charge in [0.2, 0.25) is 5.91 Å². The van der Waals surface area contributed by atoms with Gasteiger partial charge in [-0.15, -0.1) is 11.3 Å². The van der Waals surface area contributed by atoms with Crippen LogP contribution in [-0.2, 0) is 16.1 Å². The molecule has 5 nitrogen and oxygen atoms in total. The lowest BCUT2D eigenvalue weighted by atomic mass is 9.85. The number of amides is 1. The molecular formula is C17H24N2O3S. The second-order valence-corrected chi connectivity index (χ2v) is 7.74. The van der Waals surface area contributed by atoms with E-state index < -0.39 is 12.0 Å². The fourth-order valence-corrected chi connectivity index (χ4v) is 4.78. The predicted octanol–water partition coefficient (Wildman–Crippen LogP) is 2.42. The Hall–Kier alpha value is -1.40. The van der Waals surface area contributed by atoms with Gasteiger partial charge < -0.3 is 10.0 Å². The molecule has 2 aliphatic rings. The molecule has 23 heavy (non-hydrogen) atoms. The number of nitrogens with zero attached hydrogens (tertiary/aromatic N) is 2. The number of carboxylic acid groups (broad SMARTS) is 1. The van der Waals surface area contributed by atoms with Crippen molar-refractivity contribution < 1.29 is 14.7 Å². The van der Waals surface area contributed by atoms with Crippen LogP contribution in [0.3, 0.4) is 0 Å². The molecule has 1 aromatic rings. The second kappa shape index (κ2) is 7.01. The molecular weight excluding hydrogens is 312 g/mol. The van der Waals surface area contributed by atoms with Gasteiger partial charge in [0.15, 0.2) is 0 Å². The molecule has 0 spiro atoms. The molecule has 0 radical (unpaired) electrons. The highest BCUT2D eigenvalue weighted by Gasteiger charge is 2.45. The maximum Gasteiger partial charge on any atom is 0.320 e. The fourth-order valence-electron chi connectivity index (χ4n) is 4.02. The number of likely N-dealkylation sites (tertiary alicyclic amines) is 1. The molecule has 1 aliphatic heterocycles. The number of fused-ring (bicyclic) bond motifs is 1. The van der Waals surface area contributed by atoms with E-state index in [0.717, 1.165) is 24.1 Å². The summed E-state index contributed by atoms with van der Waals surface area (Å²) in [7, 11) is 1.80. The molecule has 2 fully saturated rings. The summed E-state index contributed by atoms with van der Waals surface area (Å²) < 4.78 is 0. The quantitative estimate of drug-likeness (QED) is 0.897. The zero-order valence-corrected chi connectivity index (χ0v) is 14.3. The number of carboxylic acids is 1. The van der Waals surface area contributed by atoms with E-state index in [9.17, 15) is 14.7 Å². The molecule has 1 aliphatic carbocycles. The first-order chi connectivity index (χ1) is 11.1. The van der Waals surface area contributed by atoms with E-state index >= 15 is 0 Å². The summed E-state index contributed by atoms with van der Waals surface area (Å²) in [5.41, 5.74) is 0. The molecule has 1 aromatic heterocycles. The van der Waals surface area contributed by atoms with Gasteiger partial charge in [-0.1, -0.05) is 18.9 Å². The maximum absolute atomic E-state index is 12.6. The third-order valence-corrected chi connectivity index (χ3v) is 6.08. The van der Waals surface area contributed by atoms with E-state index in [4.69, 9.17) is 0 Å². The molecule has 1 N–H and O–H groups in total. The van der Waals surface area contributed by atoms with Gasteiger partial charge in [0.1, 0.15) is 6.04 Å². The van der Waals surface area contributed by atoms with Crippen LogP contribution in [0.5, 0.6) is 0 Å². The molecule has 1 amide bonds. The summed E-state index contributed by atoms with van der Waals surface area (Å²) in [4.78, 5) is 29.0. The number of rotatable bonds is 5. The van der Waals surface area contributed by atoms with E-state index in [0.29, 0.717) is 18.9 Å². The van der Waals surface area contributed by atoms with Gasteiger partial charge in [0, 0.05) is 18.0 Å². The average Bonchev–Trinajstić information content (AvgIpc) is 3.15. The minimum Gasteiger partial charge on any atom is -0.480 e. The van der Waals surface area contributed by atoms with Crippen molar-refractivity contribution >= 4 is 23.2 Å². The molecule has 2 heterocycles. The van der Waals surface area contributed by atoms with Crippen LogP contribution >= 0.6 is 11.3 Å². The number of hydrogen-bond donors (Lipinski definition) is 1. The van der Waals surface area contributed by atoms with Crippen LogP contribution in [0.1, 0.15) is 37.0 Å². The normalized spacial score (nSPS) is 27.6. The Labute approximate surface area is 140 Å². The van der Waals surface area contributed by atoms with E-state index in [1.807, 2.05) is 22.4 Å². The largest absolute Gasteiger partial charge is 0.480 e. The van der Waals surface area contributed by atoms with Crippen LogP contribution in [-0.4, -0.2) is 52.5 Å². The van der Waals surface area contributed by atoms with Crippen LogP contribution in [0, 0.1) is 5.92 Å². The summed E-state index contributed by atoms with van der Waals surface area (Å²) in [5.74, 6) is -0.329. The number of thiophene rings is 1. The molecule has 0 aromatic carbocycles. The van der Waals surface area contributed by atoms with E-state index in [1.165, 1.54) is 6.42 Å². The summed E-state index contributed by atoms with van der Waals surface area (Å²) in [5, 5.41) is 11.5. The molecule has 0 bridgehead atoms. The van der Waals surface area contributed by atoms with Gasteiger partial charge in [-0.05, 0) is 36.6 Å². The SMILES string of the molecule is CN(Cc1cccs1)C(=O)CN1[C@H](C(=O)O)C[C@@H]2CCCC[C@@H]21. The summed E-state index contributed by atoms with van der Waals surface area (Å²) in [6.07, 6.45) is 5.15. The molecule has 3 rings (SSSR count). The average molecular weight is 336 g/mol. The maximum atomic E-state index is 12.6. The van der Waals surface area contributed by atoms with Gasteiger partial charge in [-0.25, -0.2) is 0 Å². The third kappa shape index (κ3) is 3.58. The van der Waals surface area contributed by atoms with E-state index in [1.54, 1.807) is 23.3 Å². The summed E-state index contributed by atoms with van der Waals surface area (Å²) >= 11 is 1.63. The Morgan fingerprint density at radius 1 is 1.39 bits per heavy atom. The van der Waals surface area contributed by atoms with Crippen molar-refractivity contribution in [3.05, 3.63) is 22.4 Å². The number of likely N-dealkylation sites (N-methyl/N-ethyl adjacent to an activating group) is 1. The van der Waals surface area contributed by atoms with Gasteiger partial charge in [0.25, 0.3) is 0 Å². The highest BCUT2D eigenvalue weighted by molar-refractivity contribution is 7.09. The molecule has 6 heteroatoms. The Kier molecular flexibility index (Phi) is 5.02. The lowest BCUT2D eigenvalue weighted by Crippen LogP contribution is -2.47.